The third-order valence-corrected chi connectivity index (χ3v) is 5.98. The van der Waals surface area contributed by atoms with E-state index in [1.165, 1.54) is 6.08 Å². The number of hydrazine groups is 1. The molecule has 7 nitrogen and oxygen atoms in total. The lowest BCUT2D eigenvalue weighted by atomic mass is 9.92. The van der Waals surface area contributed by atoms with Crippen molar-refractivity contribution in [2.24, 2.45) is 5.92 Å². The fourth-order valence-corrected chi connectivity index (χ4v) is 4.34. The standard InChI is InChI=1S/C30H36FN7/c1-6-7-10-22(19-21(2)3)28-27(29-25(31)13-9-17-38(29)36-28)26-14-15-33-30(35-26)34-24-12-8-11-23(20-24)32-16-18-37(4)5/h6-15,17,19-21,28,32,36H,1,16,18H2,2-5H3,(H,33,34,35)/b10-7?,22-19+. The first-order valence-corrected chi connectivity index (χ1v) is 12.8. The van der Waals surface area contributed by atoms with Crippen molar-refractivity contribution in [1.29, 1.82) is 0 Å². The van der Waals surface area contributed by atoms with Crippen molar-refractivity contribution < 1.29 is 4.39 Å². The smallest absolute Gasteiger partial charge is 0.227 e. The van der Waals surface area contributed by atoms with Gasteiger partial charge in [-0.3, -0.25) is 5.01 Å². The maximum Gasteiger partial charge on any atom is 0.227 e. The molecule has 198 valence electrons. The number of nitrogens with zero attached hydrogens (tertiary/aromatic N) is 4. The van der Waals surface area contributed by atoms with E-state index in [0.717, 1.165) is 35.6 Å². The van der Waals surface area contributed by atoms with Gasteiger partial charge < -0.3 is 15.5 Å². The second kappa shape index (κ2) is 12.5. The Morgan fingerprint density at radius 1 is 1.26 bits per heavy atom. The van der Waals surface area contributed by atoms with E-state index in [-0.39, 0.29) is 11.9 Å². The fourth-order valence-electron chi connectivity index (χ4n) is 4.34. The van der Waals surface area contributed by atoms with Crippen molar-refractivity contribution in [3.8, 4) is 0 Å². The Morgan fingerprint density at radius 2 is 2.08 bits per heavy atom. The summed E-state index contributed by atoms with van der Waals surface area (Å²) < 4.78 is 15.2. The molecule has 3 heterocycles. The molecule has 8 heteroatoms. The zero-order valence-electron chi connectivity index (χ0n) is 22.4. The van der Waals surface area contributed by atoms with Crippen LogP contribution in [0.1, 0.15) is 19.5 Å². The predicted octanol–water partition coefficient (Wildman–Crippen LogP) is 5.80. The van der Waals surface area contributed by atoms with Crippen LogP contribution in [0.25, 0.3) is 5.57 Å². The van der Waals surface area contributed by atoms with Crippen molar-refractivity contribution >= 4 is 22.9 Å². The van der Waals surface area contributed by atoms with Crippen LogP contribution in [0.5, 0.6) is 0 Å². The van der Waals surface area contributed by atoms with E-state index in [2.05, 4.69) is 52.4 Å². The molecule has 2 aliphatic rings. The molecule has 2 aliphatic heterocycles. The van der Waals surface area contributed by atoms with Crippen LogP contribution in [0.15, 0.2) is 103 Å². The maximum atomic E-state index is 15.2. The predicted molar refractivity (Wildman–Crippen MR) is 155 cm³/mol. The molecule has 0 aliphatic carbocycles. The van der Waals surface area contributed by atoms with Gasteiger partial charge in [0, 0.05) is 42.4 Å². The average Bonchev–Trinajstić information content (AvgIpc) is 3.27. The molecular weight excluding hydrogens is 477 g/mol. The summed E-state index contributed by atoms with van der Waals surface area (Å²) in [5.41, 5.74) is 8.14. The molecule has 4 rings (SSSR count). The van der Waals surface area contributed by atoms with Crippen LogP contribution >= 0.6 is 0 Å². The summed E-state index contributed by atoms with van der Waals surface area (Å²) in [7, 11) is 4.10. The number of nitrogens with one attached hydrogen (secondary N) is 3. The van der Waals surface area contributed by atoms with Crippen LogP contribution in [-0.4, -0.2) is 53.1 Å². The van der Waals surface area contributed by atoms with Gasteiger partial charge in [0.1, 0.15) is 11.5 Å². The molecule has 0 saturated heterocycles. The number of likely N-dealkylation sites (N-methyl/N-ethyl adjacent to an activating group) is 1. The zero-order chi connectivity index (χ0) is 27.1. The first-order chi connectivity index (χ1) is 18.4. The number of hydrogen-bond acceptors (Lipinski definition) is 7. The van der Waals surface area contributed by atoms with E-state index in [4.69, 9.17) is 4.98 Å². The molecule has 1 aromatic carbocycles. The number of allylic oxidation sites excluding steroid dienone is 6. The third kappa shape index (κ3) is 6.65. The number of rotatable bonds is 11. The highest BCUT2D eigenvalue weighted by Gasteiger charge is 2.36. The van der Waals surface area contributed by atoms with Crippen LogP contribution < -0.4 is 16.1 Å². The minimum Gasteiger partial charge on any atom is -0.384 e. The van der Waals surface area contributed by atoms with Crippen molar-refractivity contribution in [3.63, 3.8) is 0 Å². The summed E-state index contributed by atoms with van der Waals surface area (Å²) >= 11 is 0. The van der Waals surface area contributed by atoms with Crippen molar-refractivity contribution in [2.45, 2.75) is 19.9 Å². The lowest BCUT2D eigenvalue weighted by Gasteiger charge is -2.21. The van der Waals surface area contributed by atoms with Gasteiger partial charge in [-0.1, -0.05) is 50.8 Å². The summed E-state index contributed by atoms with van der Waals surface area (Å²) in [5.74, 6) is 0.408. The highest BCUT2D eigenvalue weighted by molar-refractivity contribution is 5.79. The Hall–Kier alpha value is -4.01. The highest BCUT2D eigenvalue weighted by Crippen LogP contribution is 2.39. The number of hydrogen-bond donors (Lipinski definition) is 3. The number of aromatic nitrogens is 2. The van der Waals surface area contributed by atoms with Gasteiger partial charge in [0.2, 0.25) is 5.95 Å². The second-order valence-electron chi connectivity index (χ2n) is 9.76. The molecule has 1 aromatic heterocycles. The van der Waals surface area contributed by atoms with Crippen molar-refractivity contribution in [3.05, 3.63) is 109 Å². The van der Waals surface area contributed by atoms with Gasteiger partial charge in [-0.25, -0.2) is 19.8 Å². The molecule has 2 aromatic rings. The van der Waals surface area contributed by atoms with Crippen LogP contribution in [0, 0.1) is 5.92 Å². The van der Waals surface area contributed by atoms with Crippen LogP contribution in [0.2, 0.25) is 0 Å². The molecule has 0 amide bonds. The summed E-state index contributed by atoms with van der Waals surface area (Å²) in [6.45, 7) is 9.82. The Labute approximate surface area is 224 Å². The largest absolute Gasteiger partial charge is 0.384 e. The molecule has 0 radical (unpaired) electrons. The molecule has 1 atom stereocenters. The first-order valence-electron chi connectivity index (χ1n) is 12.8. The Balaban J connectivity index is 1.67. The summed E-state index contributed by atoms with van der Waals surface area (Å²) in [4.78, 5) is 11.4. The SMILES string of the molecule is C=CC=C/C(=C\C(C)C)C1NN2C=CC=C(F)C2=C1c1ccnc(Nc2cccc(NCCN(C)C)c2)n1. The quantitative estimate of drug-likeness (QED) is 0.328. The topological polar surface area (TPSA) is 68.3 Å². The molecule has 3 N–H and O–H groups in total. The van der Waals surface area contributed by atoms with Gasteiger partial charge in [0.25, 0.3) is 0 Å². The van der Waals surface area contributed by atoms with Gasteiger partial charge in [-0.2, -0.15) is 0 Å². The third-order valence-electron chi connectivity index (χ3n) is 5.98. The zero-order valence-corrected chi connectivity index (χ0v) is 22.4. The van der Waals surface area contributed by atoms with Gasteiger partial charge in [0.05, 0.1) is 11.7 Å². The van der Waals surface area contributed by atoms with E-state index >= 15 is 4.39 Å². The highest BCUT2D eigenvalue weighted by atomic mass is 19.1. The Bertz CT molecular complexity index is 1300. The van der Waals surface area contributed by atoms with Gasteiger partial charge in [-0.15, -0.1) is 0 Å². The minimum atomic E-state index is -0.321. The Morgan fingerprint density at radius 3 is 2.84 bits per heavy atom. The Kier molecular flexibility index (Phi) is 8.89. The summed E-state index contributed by atoms with van der Waals surface area (Å²) in [6.07, 6.45) is 14.5. The number of anilines is 3. The number of halogens is 1. The van der Waals surface area contributed by atoms with E-state index < -0.39 is 0 Å². The summed E-state index contributed by atoms with van der Waals surface area (Å²) in [6, 6.07) is 9.51. The molecule has 1 unspecified atom stereocenters. The second-order valence-corrected chi connectivity index (χ2v) is 9.76. The molecular formula is C30H36FN7. The van der Waals surface area contributed by atoms with E-state index in [0.29, 0.717) is 23.3 Å². The van der Waals surface area contributed by atoms with Crippen molar-refractivity contribution in [1.82, 2.24) is 25.3 Å². The van der Waals surface area contributed by atoms with Crippen molar-refractivity contribution in [2.75, 3.05) is 37.8 Å². The van der Waals surface area contributed by atoms with E-state index in [1.807, 2.05) is 62.8 Å². The van der Waals surface area contributed by atoms with Gasteiger partial charge in [-0.05, 0) is 62.0 Å². The van der Waals surface area contributed by atoms with E-state index in [1.54, 1.807) is 23.4 Å². The average molecular weight is 514 g/mol. The molecule has 0 fully saturated rings. The maximum absolute atomic E-state index is 15.2. The lowest BCUT2D eigenvalue weighted by molar-refractivity contribution is 0.349. The molecule has 0 saturated carbocycles. The number of fused-ring (bicyclic) bond motifs is 1. The molecule has 0 bridgehead atoms. The van der Waals surface area contributed by atoms with Crippen LogP contribution in [-0.2, 0) is 0 Å². The monoisotopic (exact) mass is 513 g/mol. The lowest BCUT2D eigenvalue weighted by Crippen LogP contribution is -2.35. The first kappa shape index (κ1) is 27.0. The fraction of sp³-hybridized carbons (Fsp3) is 0.267. The van der Waals surface area contributed by atoms with Gasteiger partial charge in [0.15, 0.2) is 0 Å². The molecule has 0 spiro atoms. The molecule has 38 heavy (non-hydrogen) atoms. The summed E-state index contributed by atoms with van der Waals surface area (Å²) in [5, 5.41) is 8.46. The van der Waals surface area contributed by atoms with Crippen LogP contribution in [0.4, 0.5) is 21.7 Å². The van der Waals surface area contributed by atoms with Gasteiger partial charge >= 0.3 is 0 Å². The normalized spacial score (nSPS) is 17.4. The van der Waals surface area contributed by atoms with E-state index in [9.17, 15) is 0 Å². The minimum absolute atomic E-state index is 0.294. The number of benzene rings is 1. The van der Waals surface area contributed by atoms with Crippen LogP contribution in [0.3, 0.4) is 0 Å².